The first-order chi connectivity index (χ1) is 12.3. The van der Waals surface area contributed by atoms with Crippen molar-refractivity contribution in [1.29, 1.82) is 0 Å². The molecule has 140 valence electrons. The van der Waals surface area contributed by atoms with Gasteiger partial charge in [-0.3, -0.25) is 24.6 Å². The van der Waals surface area contributed by atoms with Gasteiger partial charge in [0, 0.05) is 24.7 Å². The molecule has 1 aromatic rings. The van der Waals surface area contributed by atoms with Crippen LogP contribution >= 0.6 is 0 Å². The van der Waals surface area contributed by atoms with Gasteiger partial charge >= 0.3 is 5.97 Å². The van der Waals surface area contributed by atoms with Crippen molar-refractivity contribution >= 4 is 17.6 Å². The molecule has 26 heavy (non-hydrogen) atoms. The Hall–Kier alpha value is -2.48. The second kappa shape index (κ2) is 7.41. The molecule has 2 N–H and O–H groups in total. The summed E-state index contributed by atoms with van der Waals surface area (Å²) in [7, 11) is 0. The minimum atomic E-state index is -0.839. The molecule has 0 unspecified atom stereocenters. The van der Waals surface area contributed by atoms with Gasteiger partial charge in [0.15, 0.2) is 0 Å². The average molecular weight is 361 g/mol. The first kappa shape index (κ1) is 18.3. The highest BCUT2D eigenvalue weighted by molar-refractivity contribution is 5.99. The maximum Gasteiger partial charge on any atom is 0.317 e. The second-order valence-electron chi connectivity index (χ2n) is 7.29. The lowest BCUT2D eigenvalue weighted by Gasteiger charge is -2.42. The van der Waals surface area contributed by atoms with Crippen LogP contribution in [0.3, 0.4) is 0 Å². The van der Waals surface area contributed by atoms with E-state index in [4.69, 9.17) is 5.11 Å². The SMILES string of the molecule is Cc1cccc([N+](=O)[O-])c1C(=O)NC1CC(N(CC(=O)O)CC2CC2)C1. The van der Waals surface area contributed by atoms with Crippen molar-refractivity contribution in [1.82, 2.24) is 10.2 Å². The number of hydrogen-bond acceptors (Lipinski definition) is 5. The molecule has 2 saturated carbocycles. The Balaban J connectivity index is 1.59. The Morgan fingerprint density at radius 1 is 1.35 bits per heavy atom. The number of carbonyl (C=O) groups excluding carboxylic acids is 1. The monoisotopic (exact) mass is 361 g/mol. The molecular formula is C18H23N3O5. The van der Waals surface area contributed by atoms with Crippen molar-refractivity contribution in [3.05, 3.63) is 39.4 Å². The van der Waals surface area contributed by atoms with Crippen molar-refractivity contribution in [3.63, 3.8) is 0 Å². The number of nitrogens with zero attached hydrogens (tertiary/aromatic N) is 2. The third-order valence-electron chi connectivity index (χ3n) is 5.17. The molecule has 0 atom stereocenters. The minimum absolute atomic E-state index is 0.0189. The molecule has 0 bridgehead atoms. The molecule has 8 heteroatoms. The van der Waals surface area contributed by atoms with Gasteiger partial charge in [-0.25, -0.2) is 0 Å². The van der Waals surface area contributed by atoms with Crippen LogP contribution in [0.15, 0.2) is 18.2 Å². The van der Waals surface area contributed by atoms with E-state index < -0.39 is 16.8 Å². The molecule has 1 amide bonds. The van der Waals surface area contributed by atoms with Crippen molar-refractivity contribution in [2.45, 2.75) is 44.7 Å². The Morgan fingerprint density at radius 2 is 2.04 bits per heavy atom. The Labute approximate surface area is 151 Å². The lowest BCUT2D eigenvalue weighted by atomic mass is 9.85. The molecule has 0 saturated heterocycles. The van der Waals surface area contributed by atoms with E-state index >= 15 is 0 Å². The molecule has 2 aliphatic carbocycles. The van der Waals surface area contributed by atoms with Crippen LogP contribution in [0.1, 0.15) is 41.6 Å². The fourth-order valence-corrected chi connectivity index (χ4v) is 3.51. The van der Waals surface area contributed by atoms with Crippen molar-refractivity contribution in [2.24, 2.45) is 5.92 Å². The standard InChI is InChI=1S/C18H23N3O5/c1-11-3-2-4-15(21(25)26)17(11)18(24)19-13-7-14(8-13)20(10-16(22)23)9-12-5-6-12/h2-4,12-14H,5-10H2,1H3,(H,19,24)(H,22,23). The summed E-state index contributed by atoms with van der Waals surface area (Å²) in [6.45, 7) is 2.49. The van der Waals surface area contributed by atoms with E-state index in [0.717, 1.165) is 19.4 Å². The van der Waals surface area contributed by atoms with Crippen LogP contribution in [0.25, 0.3) is 0 Å². The number of aliphatic carboxylic acids is 1. The third-order valence-corrected chi connectivity index (χ3v) is 5.17. The number of carboxylic acids is 1. The number of carbonyl (C=O) groups is 2. The van der Waals surface area contributed by atoms with Gasteiger partial charge in [-0.05, 0) is 44.1 Å². The molecule has 8 nitrogen and oxygen atoms in total. The molecule has 3 rings (SSSR count). The van der Waals surface area contributed by atoms with Crippen LogP contribution in [0.5, 0.6) is 0 Å². The van der Waals surface area contributed by atoms with Crippen LogP contribution in [0, 0.1) is 23.0 Å². The number of hydrogen-bond donors (Lipinski definition) is 2. The van der Waals surface area contributed by atoms with Crippen molar-refractivity contribution in [2.75, 3.05) is 13.1 Å². The number of nitro benzene ring substituents is 1. The number of amides is 1. The highest BCUT2D eigenvalue weighted by atomic mass is 16.6. The van der Waals surface area contributed by atoms with Gasteiger partial charge in [0.1, 0.15) is 5.56 Å². The number of rotatable bonds is 8. The minimum Gasteiger partial charge on any atom is -0.480 e. The summed E-state index contributed by atoms with van der Waals surface area (Å²) in [5.74, 6) is -0.684. The molecule has 0 aromatic heterocycles. The zero-order valence-corrected chi connectivity index (χ0v) is 14.7. The molecule has 0 spiro atoms. The van der Waals surface area contributed by atoms with Gasteiger partial charge in [0.2, 0.25) is 0 Å². The smallest absolute Gasteiger partial charge is 0.317 e. The predicted molar refractivity (Wildman–Crippen MR) is 94.0 cm³/mol. The summed E-state index contributed by atoms with van der Waals surface area (Å²) in [6, 6.07) is 4.63. The number of carboxylic acid groups (broad SMARTS) is 1. The Kier molecular flexibility index (Phi) is 5.22. The Bertz CT molecular complexity index is 726. The molecule has 2 aliphatic rings. The van der Waals surface area contributed by atoms with Crippen LogP contribution in [-0.4, -0.2) is 52.0 Å². The van der Waals surface area contributed by atoms with Crippen LogP contribution in [0.2, 0.25) is 0 Å². The molecule has 0 aliphatic heterocycles. The second-order valence-corrected chi connectivity index (χ2v) is 7.29. The highest BCUT2D eigenvalue weighted by Gasteiger charge is 2.38. The number of aryl methyl sites for hydroxylation is 1. The maximum atomic E-state index is 12.5. The lowest BCUT2D eigenvalue weighted by molar-refractivity contribution is -0.385. The normalized spacial score (nSPS) is 21.9. The van der Waals surface area contributed by atoms with E-state index in [0.29, 0.717) is 24.3 Å². The number of nitro groups is 1. The zero-order chi connectivity index (χ0) is 18.8. The topological polar surface area (TPSA) is 113 Å². The average Bonchev–Trinajstić information content (AvgIpc) is 3.32. The van der Waals surface area contributed by atoms with Gasteiger partial charge in [-0.15, -0.1) is 0 Å². The number of benzene rings is 1. The summed E-state index contributed by atoms with van der Waals surface area (Å²) in [5, 5.41) is 23.1. The molecular weight excluding hydrogens is 338 g/mol. The van der Waals surface area contributed by atoms with Gasteiger partial charge in [-0.2, -0.15) is 0 Å². The number of nitrogens with one attached hydrogen (secondary N) is 1. The molecule has 0 radical (unpaired) electrons. The fourth-order valence-electron chi connectivity index (χ4n) is 3.51. The maximum absolute atomic E-state index is 12.5. The van der Waals surface area contributed by atoms with E-state index in [2.05, 4.69) is 5.32 Å². The summed E-state index contributed by atoms with van der Waals surface area (Å²) < 4.78 is 0. The van der Waals surface area contributed by atoms with Gasteiger partial charge in [-0.1, -0.05) is 12.1 Å². The summed E-state index contributed by atoms with van der Waals surface area (Å²) in [6.07, 6.45) is 3.65. The highest BCUT2D eigenvalue weighted by Crippen LogP contribution is 2.34. The van der Waals surface area contributed by atoms with E-state index in [9.17, 15) is 19.7 Å². The van der Waals surface area contributed by atoms with Crippen LogP contribution < -0.4 is 5.32 Å². The lowest BCUT2D eigenvalue weighted by Crippen LogP contribution is -2.55. The van der Waals surface area contributed by atoms with Crippen molar-refractivity contribution in [3.8, 4) is 0 Å². The molecule has 2 fully saturated rings. The third kappa shape index (κ3) is 4.19. The van der Waals surface area contributed by atoms with Crippen LogP contribution in [0.4, 0.5) is 5.69 Å². The predicted octanol–water partition coefficient (Wildman–Crippen LogP) is 1.96. The van der Waals surface area contributed by atoms with E-state index in [1.165, 1.54) is 6.07 Å². The first-order valence-corrected chi connectivity index (χ1v) is 8.86. The first-order valence-electron chi connectivity index (χ1n) is 8.86. The summed E-state index contributed by atoms with van der Waals surface area (Å²) in [5.41, 5.74) is 0.467. The fraction of sp³-hybridized carbons (Fsp3) is 0.556. The van der Waals surface area contributed by atoms with E-state index in [-0.39, 0.29) is 29.9 Å². The molecule has 0 heterocycles. The van der Waals surface area contributed by atoms with Crippen molar-refractivity contribution < 1.29 is 19.6 Å². The van der Waals surface area contributed by atoms with Crippen LogP contribution in [-0.2, 0) is 4.79 Å². The van der Waals surface area contributed by atoms with Gasteiger partial charge in [0.05, 0.1) is 11.5 Å². The summed E-state index contributed by atoms with van der Waals surface area (Å²) >= 11 is 0. The quantitative estimate of drug-likeness (QED) is 0.541. The Morgan fingerprint density at radius 3 is 2.62 bits per heavy atom. The zero-order valence-electron chi connectivity index (χ0n) is 14.7. The largest absolute Gasteiger partial charge is 0.480 e. The van der Waals surface area contributed by atoms with Gasteiger partial charge < -0.3 is 10.4 Å². The van der Waals surface area contributed by atoms with Gasteiger partial charge in [0.25, 0.3) is 11.6 Å². The summed E-state index contributed by atoms with van der Waals surface area (Å²) in [4.78, 5) is 36.2. The van der Waals surface area contributed by atoms with E-state index in [1.807, 2.05) is 4.90 Å². The van der Waals surface area contributed by atoms with E-state index in [1.54, 1.807) is 19.1 Å². The molecule has 1 aromatic carbocycles.